The number of nitrogens with zero attached hydrogens (tertiary/aromatic N) is 5. The van der Waals surface area contributed by atoms with Crippen LogP contribution in [0.4, 0.5) is 19.0 Å². The minimum atomic E-state index is -4.88. The molecule has 0 radical (unpaired) electrons. The predicted molar refractivity (Wildman–Crippen MR) is 129 cm³/mol. The van der Waals surface area contributed by atoms with Crippen LogP contribution in [0.3, 0.4) is 0 Å². The van der Waals surface area contributed by atoms with Crippen LogP contribution in [0.2, 0.25) is 0 Å². The maximum atomic E-state index is 12.8. The fourth-order valence-electron chi connectivity index (χ4n) is 6.26. The molecule has 198 valence electrons. The first kappa shape index (κ1) is 25.3. The summed E-state index contributed by atoms with van der Waals surface area (Å²) >= 11 is 0. The predicted octanol–water partition coefficient (Wildman–Crippen LogP) is 3.77. The number of alkyl halides is 3. The zero-order valence-electron chi connectivity index (χ0n) is 21.1. The molecule has 0 amide bonds. The Kier molecular flexibility index (Phi) is 6.24. The Morgan fingerprint density at radius 1 is 1.14 bits per heavy atom. The van der Waals surface area contributed by atoms with E-state index >= 15 is 0 Å². The van der Waals surface area contributed by atoms with Crippen LogP contribution in [-0.2, 0) is 5.54 Å². The van der Waals surface area contributed by atoms with Crippen molar-refractivity contribution in [3.8, 4) is 17.0 Å². The van der Waals surface area contributed by atoms with Crippen LogP contribution in [-0.4, -0.2) is 74.1 Å². The van der Waals surface area contributed by atoms with Crippen molar-refractivity contribution in [2.75, 3.05) is 38.5 Å². The minimum absolute atomic E-state index is 0.0689. The second-order valence-electron chi connectivity index (χ2n) is 11.0. The van der Waals surface area contributed by atoms with Crippen LogP contribution in [0.1, 0.15) is 58.4 Å². The number of piperazine rings is 1. The summed E-state index contributed by atoms with van der Waals surface area (Å²) in [6.45, 7) is 11.5. The number of nitrogens with two attached hydrogens (primary N) is 1. The summed E-state index contributed by atoms with van der Waals surface area (Å²) in [5.74, 6) is -0.442. The third kappa shape index (κ3) is 4.35. The van der Waals surface area contributed by atoms with E-state index < -0.39 is 18.2 Å². The highest BCUT2D eigenvalue weighted by molar-refractivity contribution is 5.64. The highest BCUT2D eigenvalue weighted by Crippen LogP contribution is 2.68. The highest BCUT2D eigenvalue weighted by Gasteiger charge is 2.71. The lowest BCUT2D eigenvalue weighted by Gasteiger charge is -2.75. The molecule has 36 heavy (non-hydrogen) atoms. The van der Waals surface area contributed by atoms with Gasteiger partial charge in [-0.2, -0.15) is 0 Å². The quantitative estimate of drug-likeness (QED) is 0.561. The highest BCUT2D eigenvalue weighted by atomic mass is 19.4. The van der Waals surface area contributed by atoms with Crippen molar-refractivity contribution >= 4 is 5.82 Å². The van der Waals surface area contributed by atoms with Gasteiger partial charge in [-0.25, -0.2) is 9.97 Å². The number of nitrogen functional groups attached to an aromatic ring is 1. The van der Waals surface area contributed by atoms with Gasteiger partial charge in [0.15, 0.2) is 11.6 Å². The van der Waals surface area contributed by atoms with E-state index in [-0.39, 0.29) is 22.8 Å². The Bertz CT molecular complexity index is 1090. The van der Waals surface area contributed by atoms with Crippen molar-refractivity contribution in [2.45, 2.75) is 70.0 Å². The molecular formula is C25H35F3N6O2. The van der Waals surface area contributed by atoms with Crippen LogP contribution in [0.15, 0.2) is 18.5 Å². The van der Waals surface area contributed by atoms with Gasteiger partial charge in [-0.05, 0) is 44.2 Å². The van der Waals surface area contributed by atoms with Gasteiger partial charge < -0.3 is 25.0 Å². The van der Waals surface area contributed by atoms with Gasteiger partial charge in [-0.3, -0.25) is 4.90 Å². The summed E-state index contributed by atoms with van der Waals surface area (Å²) in [5, 5.41) is 11.0. The first-order valence-electron chi connectivity index (χ1n) is 12.7. The Balaban J connectivity index is 1.39. The average Bonchev–Trinajstić information content (AvgIpc) is 3.18. The molecular weight excluding hydrogens is 473 g/mol. The van der Waals surface area contributed by atoms with Gasteiger partial charge in [0.1, 0.15) is 11.9 Å². The first-order chi connectivity index (χ1) is 17.0. The van der Waals surface area contributed by atoms with E-state index in [1.807, 2.05) is 20.0 Å². The number of aromatic nitrogens is 3. The molecule has 3 N–H and O–H groups in total. The van der Waals surface area contributed by atoms with Gasteiger partial charge in [0.25, 0.3) is 0 Å². The van der Waals surface area contributed by atoms with Crippen LogP contribution in [0, 0.1) is 5.92 Å². The van der Waals surface area contributed by atoms with Crippen LogP contribution in [0.5, 0.6) is 5.75 Å². The number of hydrogen-bond acceptors (Lipinski definition) is 7. The maximum Gasteiger partial charge on any atom is 0.573 e. The van der Waals surface area contributed by atoms with E-state index in [4.69, 9.17) is 5.73 Å². The number of rotatable bonds is 8. The zero-order chi connectivity index (χ0) is 25.9. The van der Waals surface area contributed by atoms with E-state index in [1.165, 1.54) is 18.7 Å². The third-order valence-corrected chi connectivity index (χ3v) is 8.10. The van der Waals surface area contributed by atoms with E-state index in [0.717, 1.165) is 52.0 Å². The number of aliphatic hydroxyl groups excluding tert-OH is 1. The average molecular weight is 509 g/mol. The van der Waals surface area contributed by atoms with Gasteiger partial charge in [-0.15, -0.1) is 13.2 Å². The van der Waals surface area contributed by atoms with E-state index in [2.05, 4.69) is 36.0 Å². The second-order valence-corrected chi connectivity index (χ2v) is 11.0. The van der Waals surface area contributed by atoms with Crippen molar-refractivity contribution in [3.63, 3.8) is 0 Å². The number of hydrogen-bond donors (Lipinski definition) is 2. The van der Waals surface area contributed by atoms with Gasteiger partial charge in [0.2, 0.25) is 0 Å². The van der Waals surface area contributed by atoms with Gasteiger partial charge in [-0.1, -0.05) is 20.8 Å². The first-order valence-corrected chi connectivity index (χ1v) is 12.7. The van der Waals surface area contributed by atoms with Gasteiger partial charge in [0, 0.05) is 49.7 Å². The molecule has 2 aromatic rings. The Hall–Kier alpha value is -2.37. The smallest absolute Gasteiger partial charge is 0.402 e. The topological polar surface area (TPSA) is 92.7 Å². The van der Waals surface area contributed by atoms with Crippen molar-refractivity contribution in [3.05, 3.63) is 24.3 Å². The molecule has 8 nitrogen and oxygen atoms in total. The van der Waals surface area contributed by atoms with Crippen LogP contribution in [0.25, 0.3) is 11.3 Å². The minimum Gasteiger partial charge on any atom is -0.402 e. The normalized spacial score (nSPS) is 27.6. The summed E-state index contributed by atoms with van der Waals surface area (Å²) in [7, 11) is 0. The molecule has 4 aliphatic rings. The summed E-state index contributed by atoms with van der Waals surface area (Å²) < 4.78 is 44.6. The van der Waals surface area contributed by atoms with Crippen LogP contribution < -0.4 is 10.5 Å². The Morgan fingerprint density at radius 2 is 1.81 bits per heavy atom. The molecule has 0 spiro atoms. The molecule has 1 saturated heterocycles. The molecule has 6 rings (SSSR count). The summed E-state index contributed by atoms with van der Waals surface area (Å²) in [6, 6.07) is 1.20. The molecule has 1 aliphatic heterocycles. The van der Waals surface area contributed by atoms with Crippen molar-refractivity contribution in [2.24, 2.45) is 5.92 Å². The van der Waals surface area contributed by atoms with E-state index in [1.54, 1.807) is 0 Å². The monoisotopic (exact) mass is 508 g/mol. The SMILES string of the molecule is CCCN1CCN(C23CC(n4cc(-c5cnc(N)c(OC(F)(F)F)c5)nc4C(O)C(C)C)(C2)C3)CC1. The summed E-state index contributed by atoms with van der Waals surface area (Å²) in [6.07, 6.45) is 1.69. The second kappa shape index (κ2) is 8.88. The Morgan fingerprint density at radius 3 is 2.39 bits per heavy atom. The van der Waals surface area contributed by atoms with Crippen LogP contribution >= 0.6 is 0 Å². The number of imidazole rings is 1. The maximum absolute atomic E-state index is 12.8. The number of halogens is 3. The molecule has 1 atom stereocenters. The van der Waals surface area contributed by atoms with Gasteiger partial charge >= 0.3 is 6.36 Å². The molecule has 3 saturated carbocycles. The fraction of sp³-hybridized carbons (Fsp3) is 0.680. The largest absolute Gasteiger partial charge is 0.573 e. The molecule has 4 fully saturated rings. The lowest BCUT2D eigenvalue weighted by Crippen LogP contribution is -2.80. The number of ether oxygens (including phenoxy) is 1. The van der Waals surface area contributed by atoms with Gasteiger partial charge in [0.05, 0.1) is 11.2 Å². The standard InChI is InChI=1S/C25H35F3N6O2/c1-4-5-32-6-8-33(9-7-32)23-13-24(14-23,15-23)34-12-18(31-22(34)20(35)16(2)3)17-10-19(21(29)30-11-17)36-25(26,27)28/h10-12,16,20,35H,4-9,13-15H2,1-3H3,(H2,29,30). The fourth-order valence-corrected chi connectivity index (χ4v) is 6.26. The lowest BCUT2D eigenvalue weighted by molar-refractivity contribution is -0.274. The van der Waals surface area contributed by atoms with Crippen molar-refractivity contribution in [1.82, 2.24) is 24.3 Å². The number of anilines is 1. The number of aliphatic hydroxyl groups is 1. The van der Waals surface area contributed by atoms with E-state index in [9.17, 15) is 18.3 Å². The molecule has 11 heteroatoms. The zero-order valence-corrected chi connectivity index (χ0v) is 21.1. The Labute approximate surface area is 209 Å². The number of pyridine rings is 1. The molecule has 2 bridgehead atoms. The van der Waals surface area contributed by atoms with Crippen molar-refractivity contribution < 1.29 is 23.0 Å². The summed E-state index contributed by atoms with van der Waals surface area (Å²) in [5.41, 5.74) is 6.49. The third-order valence-electron chi connectivity index (χ3n) is 8.10. The molecule has 2 aromatic heterocycles. The molecule has 3 aliphatic carbocycles. The molecule has 1 unspecified atom stereocenters. The summed E-state index contributed by atoms with van der Waals surface area (Å²) in [4.78, 5) is 13.7. The lowest BCUT2D eigenvalue weighted by atomic mass is 9.43. The van der Waals surface area contributed by atoms with Crippen molar-refractivity contribution in [1.29, 1.82) is 0 Å². The van der Waals surface area contributed by atoms with E-state index in [0.29, 0.717) is 17.1 Å². The molecule has 0 aromatic carbocycles. The molecule has 3 heterocycles.